The predicted molar refractivity (Wildman–Crippen MR) is 87.1 cm³/mol. The van der Waals surface area contributed by atoms with Crippen LogP contribution in [0.15, 0.2) is 54.7 Å². The highest BCUT2D eigenvalue weighted by molar-refractivity contribution is 5.71. The van der Waals surface area contributed by atoms with Crippen LogP contribution in [0, 0.1) is 5.92 Å². The SMILES string of the molecule is O=C(O)[C@@H]1CC[C@](O)(Cc2ccccn2)C[C@H]1c1ccccc1. The Morgan fingerprint density at radius 1 is 1.17 bits per heavy atom. The van der Waals surface area contributed by atoms with Gasteiger partial charge in [0.05, 0.1) is 11.5 Å². The van der Waals surface area contributed by atoms with E-state index in [2.05, 4.69) is 4.98 Å². The number of aliphatic hydroxyl groups is 1. The van der Waals surface area contributed by atoms with Gasteiger partial charge in [0.2, 0.25) is 0 Å². The van der Waals surface area contributed by atoms with E-state index in [0.29, 0.717) is 25.7 Å². The molecular weight excluding hydrogens is 290 g/mol. The zero-order valence-corrected chi connectivity index (χ0v) is 12.9. The van der Waals surface area contributed by atoms with Gasteiger partial charge in [0, 0.05) is 18.3 Å². The molecule has 2 N–H and O–H groups in total. The Balaban J connectivity index is 1.84. The molecular formula is C19H21NO3. The molecule has 120 valence electrons. The molecule has 2 aromatic rings. The lowest BCUT2D eigenvalue weighted by molar-refractivity contribution is -0.146. The maximum atomic E-state index is 11.6. The van der Waals surface area contributed by atoms with Crippen LogP contribution >= 0.6 is 0 Å². The first-order valence-corrected chi connectivity index (χ1v) is 7.97. The third-order valence-electron chi connectivity index (χ3n) is 4.79. The Kier molecular flexibility index (Phi) is 4.44. The highest BCUT2D eigenvalue weighted by Gasteiger charge is 2.43. The number of hydrogen-bond acceptors (Lipinski definition) is 3. The summed E-state index contributed by atoms with van der Waals surface area (Å²) >= 11 is 0. The molecule has 1 aromatic heterocycles. The van der Waals surface area contributed by atoms with Crippen molar-refractivity contribution in [3.05, 3.63) is 66.0 Å². The summed E-state index contributed by atoms with van der Waals surface area (Å²) in [6.45, 7) is 0. The molecule has 0 aliphatic heterocycles. The summed E-state index contributed by atoms with van der Waals surface area (Å²) in [6.07, 6.45) is 3.60. The van der Waals surface area contributed by atoms with Crippen molar-refractivity contribution < 1.29 is 15.0 Å². The molecule has 0 saturated heterocycles. The van der Waals surface area contributed by atoms with Crippen molar-refractivity contribution in [3.8, 4) is 0 Å². The van der Waals surface area contributed by atoms with Crippen molar-refractivity contribution in [1.29, 1.82) is 0 Å². The molecule has 0 radical (unpaired) electrons. The molecule has 0 amide bonds. The number of hydrogen-bond donors (Lipinski definition) is 2. The first-order valence-electron chi connectivity index (χ1n) is 7.97. The van der Waals surface area contributed by atoms with Gasteiger partial charge >= 0.3 is 5.97 Å². The van der Waals surface area contributed by atoms with Crippen molar-refractivity contribution in [1.82, 2.24) is 4.98 Å². The Hall–Kier alpha value is -2.20. The average Bonchev–Trinajstić information content (AvgIpc) is 2.56. The van der Waals surface area contributed by atoms with E-state index in [1.807, 2.05) is 48.5 Å². The maximum Gasteiger partial charge on any atom is 0.307 e. The molecule has 1 saturated carbocycles. The molecule has 1 heterocycles. The second-order valence-corrected chi connectivity index (χ2v) is 6.43. The topological polar surface area (TPSA) is 70.4 Å². The van der Waals surface area contributed by atoms with Crippen molar-refractivity contribution in [2.24, 2.45) is 5.92 Å². The third kappa shape index (κ3) is 3.59. The lowest BCUT2D eigenvalue weighted by atomic mass is 9.67. The van der Waals surface area contributed by atoms with Gasteiger partial charge in [-0.25, -0.2) is 0 Å². The third-order valence-corrected chi connectivity index (χ3v) is 4.79. The normalized spacial score (nSPS) is 27.5. The van der Waals surface area contributed by atoms with Gasteiger partial charge in [-0.15, -0.1) is 0 Å². The quantitative estimate of drug-likeness (QED) is 0.910. The van der Waals surface area contributed by atoms with Crippen LogP contribution in [0.25, 0.3) is 0 Å². The van der Waals surface area contributed by atoms with E-state index in [9.17, 15) is 15.0 Å². The average molecular weight is 311 g/mol. The Bertz CT molecular complexity index is 659. The van der Waals surface area contributed by atoms with Crippen molar-refractivity contribution in [3.63, 3.8) is 0 Å². The summed E-state index contributed by atoms with van der Waals surface area (Å²) < 4.78 is 0. The van der Waals surface area contributed by atoms with E-state index < -0.39 is 17.5 Å². The molecule has 1 aliphatic rings. The van der Waals surface area contributed by atoms with Crippen LogP contribution in [0.1, 0.15) is 36.4 Å². The molecule has 3 atom stereocenters. The van der Waals surface area contributed by atoms with Crippen molar-refractivity contribution in [2.75, 3.05) is 0 Å². The van der Waals surface area contributed by atoms with E-state index in [0.717, 1.165) is 11.3 Å². The number of benzene rings is 1. The maximum absolute atomic E-state index is 11.6. The van der Waals surface area contributed by atoms with E-state index >= 15 is 0 Å². The van der Waals surface area contributed by atoms with Crippen LogP contribution in [0.3, 0.4) is 0 Å². The molecule has 4 nitrogen and oxygen atoms in total. The number of pyridine rings is 1. The molecule has 0 spiro atoms. The first kappa shape index (κ1) is 15.7. The molecule has 4 heteroatoms. The van der Waals surface area contributed by atoms with Crippen LogP contribution in [0.4, 0.5) is 0 Å². The molecule has 0 unspecified atom stereocenters. The van der Waals surface area contributed by atoms with E-state index in [-0.39, 0.29) is 5.92 Å². The fourth-order valence-electron chi connectivity index (χ4n) is 3.63. The van der Waals surface area contributed by atoms with Gasteiger partial charge in [0.1, 0.15) is 0 Å². The number of rotatable bonds is 4. The number of nitrogens with zero attached hydrogens (tertiary/aromatic N) is 1. The van der Waals surface area contributed by atoms with Gasteiger partial charge < -0.3 is 10.2 Å². The number of carboxylic acid groups (broad SMARTS) is 1. The lowest BCUT2D eigenvalue weighted by Crippen LogP contribution is -2.42. The van der Waals surface area contributed by atoms with E-state index in [4.69, 9.17) is 0 Å². The van der Waals surface area contributed by atoms with Crippen molar-refractivity contribution >= 4 is 5.97 Å². The zero-order valence-electron chi connectivity index (χ0n) is 12.9. The lowest BCUT2D eigenvalue weighted by Gasteiger charge is -2.40. The van der Waals surface area contributed by atoms with Crippen LogP contribution in [-0.4, -0.2) is 26.8 Å². The van der Waals surface area contributed by atoms with Gasteiger partial charge in [-0.3, -0.25) is 9.78 Å². The molecule has 1 aromatic carbocycles. The van der Waals surface area contributed by atoms with E-state index in [1.54, 1.807) is 6.20 Å². The molecule has 3 rings (SSSR count). The van der Waals surface area contributed by atoms with Crippen LogP contribution in [0.2, 0.25) is 0 Å². The summed E-state index contributed by atoms with van der Waals surface area (Å²) in [4.78, 5) is 15.9. The highest BCUT2D eigenvalue weighted by Crippen LogP contribution is 2.43. The number of aromatic nitrogens is 1. The fraction of sp³-hybridized carbons (Fsp3) is 0.368. The number of carboxylic acids is 1. The van der Waals surface area contributed by atoms with Crippen molar-refractivity contribution in [2.45, 2.75) is 37.2 Å². The molecule has 23 heavy (non-hydrogen) atoms. The van der Waals surface area contributed by atoms with Crippen LogP contribution in [-0.2, 0) is 11.2 Å². The predicted octanol–water partition coefficient (Wildman–Crippen LogP) is 3.02. The zero-order chi connectivity index (χ0) is 16.3. The Morgan fingerprint density at radius 3 is 2.57 bits per heavy atom. The van der Waals surface area contributed by atoms with Gasteiger partial charge in [-0.1, -0.05) is 36.4 Å². The summed E-state index contributed by atoms with van der Waals surface area (Å²) in [6, 6.07) is 15.3. The summed E-state index contributed by atoms with van der Waals surface area (Å²) in [7, 11) is 0. The summed E-state index contributed by atoms with van der Waals surface area (Å²) in [5, 5.41) is 20.6. The molecule has 1 aliphatic carbocycles. The monoisotopic (exact) mass is 311 g/mol. The molecule has 1 fully saturated rings. The van der Waals surface area contributed by atoms with Gasteiger partial charge in [-0.05, 0) is 42.9 Å². The van der Waals surface area contributed by atoms with Gasteiger partial charge in [-0.2, -0.15) is 0 Å². The minimum absolute atomic E-state index is 0.170. The second-order valence-electron chi connectivity index (χ2n) is 6.43. The minimum atomic E-state index is -0.902. The summed E-state index contributed by atoms with van der Waals surface area (Å²) in [5.74, 6) is -1.39. The highest BCUT2D eigenvalue weighted by atomic mass is 16.4. The summed E-state index contributed by atoms with van der Waals surface area (Å²) in [5.41, 5.74) is 0.926. The standard InChI is InChI=1S/C19H21NO3/c21-18(22)16-9-10-19(23,12-15-8-4-5-11-20-15)13-17(16)14-6-2-1-3-7-14/h1-8,11,16-17,23H,9-10,12-13H2,(H,21,22)/t16-,17+,19+/m1/s1. The number of aliphatic carboxylic acids is 1. The smallest absolute Gasteiger partial charge is 0.307 e. The molecule has 0 bridgehead atoms. The Morgan fingerprint density at radius 2 is 1.91 bits per heavy atom. The first-order chi connectivity index (χ1) is 11.1. The Labute approximate surface area is 135 Å². The van der Waals surface area contributed by atoms with E-state index in [1.165, 1.54) is 0 Å². The van der Waals surface area contributed by atoms with Crippen LogP contribution < -0.4 is 0 Å². The van der Waals surface area contributed by atoms with Gasteiger partial charge in [0.25, 0.3) is 0 Å². The largest absolute Gasteiger partial charge is 0.481 e. The number of carbonyl (C=O) groups is 1. The fourth-order valence-corrected chi connectivity index (χ4v) is 3.63. The van der Waals surface area contributed by atoms with Gasteiger partial charge in [0.15, 0.2) is 0 Å². The minimum Gasteiger partial charge on any atom is -0.481 e. The van der Waals surface area contributed by atoms with Crippen LogP contribution in [0.5, 0.6) is 0 Å². The second kappa shape index (κ2) is 6.50.